The molecule has 0 spiro atoms. The average molecular weight is 257 g/mol. The van der Waals surface area contributed by atoms with Gasteiger partial charge >= 0.3 is 0 Å². The molecule has 0 saturated heterocycles. The predicted octanol–water partition coefficient (Wildman–Crippen LogP) is 3.20. The molecule has 2 aromatic rings. The third kappa shape index (κ3) is 2.66. The Kier molecular flexibility index (Phi) is 3.80. The molecule has 0 aliphatic carbocycles. The Hall–Kier alpha value is -3.09. The summed E-state index contributed by atoms with van der Waals surface area (Å²) in [5.41, 5.74) is 4.02. The maximum Gasteiger partial charge on any atom is 0.101 e. The van der Waals surface area contributed by atoms with Crippen LogP contribution in [0.1, 0.15) is 33.4 Å². The van der Waals surface area contributed by atoms with Crippen molar-refractivity contribution in [1.82, 2.24) is 0 Å². The van der Waals surface area contributed by atoms with Crippen LogP contribution in [0, 0.1) is 40.9 Å². The summed E-state index contributed by atoms with van der Waals surface area (Å²) < 4.78 is 0. The highest BCUT2D eigenvalue weighted by molar-refractivity contribution is 5.54. The van der Waals surface area contributed by atoms with E-state index < -0.39 is 0 Å². The molecule has 0 radical (unpaired) electrons. The summed E-state index contributed by atoms with van der Waals surface area (Å²) in [6, 6.07) is 17.2. The van der Waals surface area contributed by atoms with Gasteiger partial charge in [-0.3, -0.25) is 0 Å². The van der Waals surface area contributed by atoms with Crippen LogP contribution in [0.4, 0.5) is 0 Å². The molecule has 2 aromatic carbocycles. The Morgan fingerprint density at radius 1 is 0.800 bits per heavy atom. The highest BCUT2D eigenvalue weighted by atomic mass is 14.3. The Labute approximate surface area is 117 Å². The number of benzene rings is 2. The largest absolute Gasteiger partial charge is 0.192 e. The highest BCUT2D eigenvalue weighted by Gasteiger charge is 2.10. The van der Waals surface area contributed by atoms with Crippen LogP contribution in [0.25, 0.3) is 0 Å². The third-order valence-corrected chi connectivity index (χ3v) is 3.12. The highest BCUT2D eigenvalue weighted by Crippen LogP contribution is 2.19. The van der Waals surface area contributed by atoms with Crippen molar-refractivity contribution < 1.29 is 0 Å². The van der Waals surface area contributed by atoms with Crippen LogP contribution < -0.4 is 0 Å². The summed E-state index contributed by atoms with van der Waals surface area (Å²) in [5, 5.41) is 27.2. The standard InChI is InChI=1S/C17H11N3/c1-12-2-4-13(5-3-12)6-14-7-16(10-19)17(11-20)8-15(14)9-18/h2-5,7-8H,6H2,1H3. The van der Waals surface area contributed by atoms with E-state index in [4.69, 9.17) is 10.5 Å². The van der Waals surface area contributed by atoms with Crippen molar-refractivity contribution in [2.45, 2.75) is 13.3 Å². The smallest absolute Gasteiger partial charge is 0.101 e. The molecule has 20 heavy (non-hydrogen) atoms. The van der Waals surface area contributed by atoms with Crippen LogP contribution in [0.5, 0.6) is 0 Å². The van der Waals surface area contributed by atoms with E-state index >= 15 is 0 Å². The molecular weight excluding hydrogens is 246 g/mol. The molecule has 0 fully saturated rings. The van der Waals surface area contributed by atoms with Crippen molar-refractivity contribution in [3.8, 4) is 18.2 Å². The summed E-state index contributed by atoms with van der Waals surface area (Å²) in [7, 11) is 0. The molecule has 94 valence electrons. The van der Waals surface area contributed by atoms with E-state index in [9.17, 15) is 5.26 Å². The molecule has 3 nitrogen and oxygen atoms in total. The first-order chi connectivity index (χ1) is 9.67. The average Bonchev–Trinajstić information content (AvgIpc) is 2.49. The zero-order valence-electron chi connectivity index (χ0n) is 11.0. The van der Waals surface area contributed by atoms with E-state index in [0.29, 0.717) is 17.5 Å². The lowest BCUT2D eigenvalue weighted by Gasteiger charge is -2.06. The lowest BCUT2D eigenvalue weighted by Crippen LogP contribution is -1.96. The summed E-state index contributed by atoms with van der Waals surface area (Å²) in [4.78, 5) is 0. The maximum atomic E-state index is 9.18. The number of nitriles is 3. The second kappa shape index (κ2) is 5.70. The fraction of sp³-hybridized carbons (Fsp3) is 0.118. The lowest BCUT2D eigenvalue weighted by molar-refractivity contribution is 1.16. The van der Waals surface area contributed by atoms with E-state index in [1.54, 1.807) is 6.07 Å². The van der Waals surface area contributed by atoms with Crippen molar-refractivity contribution in [2.24, 2.45) is 0 Å². The van der Waals surface area contributed by atoms with E-state index in [1.807, 2.05) is 43.3 Å². The monoisotopic (exact) mass is 257 g/mol. The second-order valence-electron chi connectivity index (χ2n) is 4.55. The van der Waals surface area contributed by atoms with Gasteiger partial charge in [-0.2, -0.15) is 15.8 Å². The Bertz CT molecular complexity index is 766. The third-order valence-electron chi connectivity index (χ3n) is 3.12. The van der Waals surface area contributed by atoms with Crippen molar-refractivity contribution in [2.75, 3.05) is 0 Å². The van der Waals surface area contributed by atoms with Gasteiger partial charge in [0.05, 0.1) is 22.8 Å². The topological polar surface area (TPSA) is 71.4 Å². The molecule has 3 heteroatoms. The molecule has 0 saturated carbocycles. The molecule has 0 heterocycles. The quantitative estimate of drug-likeness (QED) is 0.829. The molecule has 0 bridgehead atoms. The summed E-state index contributed by atoms with van der Waals surface area (Å²) in [5.74, 6) is 0. The van der Waals surface area contributed by atoms with Gasteiger partial charge in [0.25, 0.3) is 0 Å². The minimum absolute atomic E-state index is 0.247. The van der Waals surface area contributed by atoms with E-state index in [1.165, 1.54) is 11.6 Å². The molecule has 2 rings (SSSR count). The Balaban J connectivity index is 2.47. The lowest BCUT2D eigenvalue weighted by atomic mass is 9.95. The molecule has 0 aliphatic heterocycles. The summed E-state index contributed by atoms with van der Waals surface area (Å²) in [6.07, 6.45) is 0.573. The number of hydrogen-bond acceptors (Lipinski definition) is 3. The SMILES string of the molecule is Cc1ccc(Cc2cc(C#N)c(C#N)cc2C#N)cc1. The van der Waals surface area contributed by atoms with Crippen molar-refractivity contribution in [3.63, 3.8) is 0 Å². The van der Waals surface area contributed by atoms with E-state index in [-0.39, 0.29) is 5.56 Å². The van der Waals surface area contributed by atoms with Gasteiger partial charge in [0.2, 0.25) is 0 Å². The first-order valence-electron chi connectivity index (χ1n) is 6.10. The van der Waals surface area contributed by atoms with Crippen LogP contribution in [0.2, 0.25) is 0 Å². The van der Waals surface area contributed by atoms with E-state index in [2.05, 4.69) is 6.07 Å². The normalized spacial score (nSPS) is 9.30. The number of aryl methyl sites for hydroxylation is 1. The Morgan fingerprint density at radius 3 is 1.90 bits per heavy atom. The van der Waals surface area contributed by atoms with E-state index in [0.717, 1.165) is 11.1 Å². The van der Waals surface area contributed by atoms with Crippen molar-refractivity contribution in [1.29, 1.82) is 15.8 Å². The van der Waals surface area contributed by atoms with Gasteiger partial charge in [-0.1, -0.05) is 29.8 Å². The minimum atomic E-state index is 0.247. The van der Waals surface area contributed by atoms with Gasteiger partial charge in [-0.25, -0.2) is 0 Å². The fourth-order valence-corrected chi connectivity index (χ4v) is 2.01. The number of rotatable bonds is 2. The zero-order chi connectivity index (χ0) is 14.5. The molecule has 0 aromatic heterocycles. The first-order valence-corrected chi connectivity index (χ1v) is 6.10. The van der Waals surface area contributed by atoms with Gasteiger partial charge in [0.15, 0.2) is 0 Å². The van der Waals surface area contributed by atoms with Gasteiger partial charge in [0, 0.05) is 0 Å². The molecular formula is C17H11N3. The van der Waals surface area contributed by atoms with Crippen LogP contribution in [0.3, 0.4) is 0 Å². The van der Waals surface area contributed by atoms with Gasteiger partial charge in [0.1, 0.15) is 12.1 Å². The van der Waals surface area contributed by atoms with Gasteiger partial charge in [-0.15, -0.1) is 0 Å². The second-order valence-corrected chi connectivity index (χ2v) is 4.55. The zero-order valence-corrected chi connectivity index (χ0v) is 11.0. The molecule has 0 unspecified atom stereocenters. The minimum Gasteiger partial charge on any atom is -0.192 e. The predicted molar refractivity (Wildman–Crippen MR) is 74.6 cm³/mol. The van der Waals surface area contributed by atoms with Crippen molar-refractivity contribution >= 4 is 0 Å². The first kappa shape index (κ1) is 13.3. The summed E-state index contributed by atoms with van der Waals surface area (Å²) in [6.45, 7) is 2.01. The Morgan fingerprint density at radius 2 is 1.35 bits per heavy atom. The van der Waals surface area contributed by atoms with Crippen LogP contribution in [0.15, 0.2) is 36.4 Å². The molecule has 0 amide bonds. The van der Waals surface area contributed by atoms with Crippen molar-refractivity contribution in [3.05, 3.63) is 69.8 Å². The van der Waals surface area contributed by atoms with Gasteiger partial charge < -0.3 is 0 Å². The fourth-order valence-electron chi connectivity index (χ4n) is 2.01. The number of hydrogen-bond donors (Lipinski definition) is 0. The summed E-state index contributed by atoms with van der Waals surface area (Å²) >= 11 is 0. The van der Waals surface area contributed by atoms with Crippen LogP contribution in [-0.2, 0) is 6.42 Å². The molecule has 0 atom stereocenters. The molecule has 0 N–H and O–H groups in total. The van der Waals surface area contributed by atoms with Crippen LogP contribution >= 0.6 is 0 Å². The van der Waals surface area contributed by atoms with Crippen LogP contribution in [-0.4, -0.2) is 0 Å². The molecule has 0 aliphatic rings. The van der Waals surface area contributed by atoms with Gasteiger partial charge in [-0.05, 0) is 36.6 Å². The number of nitrogens with zero attached hydrogens (tertiary/aromatic N) is 3. The maximum absolute atomic E-state index is 9.18.